The van der Waals surface area contributed by atoms with E-state index in [-0.39, 0.29) is 5.69 Å². The molecule has 0 bridgehead atoms. The average Bonchev–Trinajstić information content (AvgIpc) is 2.70. The molecule has 0 spiro atoms. The summed E-state index contributed by atoms with van der Waals surface area (Å²) < 4.78 is 2.86. The highest BCUT2D eigenvalue weighted by Crippen LogP contribution is 2.04. The molecule has 2 aromatic rings. The van der Waals surface area contributed by atoms with E-state index in [0.29, 0.717) is 13.1 Å². The molecule has 1 heterocycles. The second kappa shape index (κ2) is 5.34. The Hall–Kier alpha value is -2.32. The molecule has 0 aliphatic carbocycles. The summed E-state index contributed by atoms with van der Waals surface area (Å²) in [6.07, 6.45) is 1.50. The van der Waals surface area contributed by atoms with E-state index in [1.807, 2.05) is 24.3 Å². The number of benzene rings is 1. The zero-order valence-corrected chi connectivity index (χ0v) is 10.1. The summed E-state index contributed by atoms with van der Waals surface area (Å²) in [6, 6.07) is 7.68. The molecule has 2 N–H and O–H groups in total. The van der Waals surface area contributed by atoms with Crippen molar-refractivity contribution in [3.05, 3.63) is 52.2 Å². The number of nitrogens with two attached hydrogens (primary N) is 1. The second-order valence-electron chi connectivity index (χ2n) is 3.88. The van der Waals surface area contributed by atoms with Gasteiger partial charge in [-0.3, -0.25) is 4.57 Å². The molecule has 2 rings (SSSR count). The average molecular weight is 242 g/mol. The summed E-state index contributed by atoms with van der Waals surface area (Å²) in [7, 11) is 1.68. The zero-order valence-electron chi connectivity index (χ0n) is 10.1. The van der Waals surface area contributed by atoms with E-state index in [2.05, 4.69) is 16.9 Å². The lowest BCUT2D eigenvalue weighted by molar-refractivity contribution is 0.647. The van der Waals surface area contributed by atoms with Gasteiger partial charge in [-0.05, 0) is 17.7 Å². The van der Waals surface area contributed by atoms with Crippen LogP contribution in [0.1, 0.15) is 11.1 Å². The van der Waals surface area contributed by atoms with Gasteiger partial charge in [-0.15, -0.1) is 0 Å². The van der Waals surface area contributed by atoms with Gasteiger partial charge >= 0.3 is 5.69 Å². The first-order chi connectivity index (χ1) is 8.70. The molecule has 5 nitrogen and oxygen atoms in total. The molecule has 0 unspecified atom stereocenters. The Labute approximate surface area is 105 Å². The minimum absolute atomic E-state index is 0.123. The minimum atomic E-state index is -0.123. The van der Waals surface area contributed by atoms with Crippen LogP contribution in [0.15, 0.2) is 35.4 Å². The van der Waals surface area contributed by atoms with Crippen LogP contribution >= 0.6 is 0 Å². The maximum absolute atomic E-state index is 11.6. The van der Waals surface area contributed by atoms with Crippen molar-refractivity contribution in [3.8, 4) is 11.8 Å². The minimum Gasteiger partial charge on any atom is -0.320 e. The summed E-state index contributed by atoms with van der Waals surface area (Å²) in [6.45, 7) is 0.815. The quantitative estimate of drug-likeness (QED) is 0.750. The fourth-order valence-corrected chi connectivity index (χ4v) is 1.55. The van der Waals surface area contributed by atoms with Crippen molar-refractivity contribution in [1.29, 1.82) is 0 Å². The Morgan fingerprint density at radius 2 is 2.06 bits per heavy atom. The zero-order chi connectivity index (χ0) is 13.0. The van der Waals surface area contributed by atoms with E-state index >= 15 is 0 Å². The molecule has 1 aromatic carbocycles. The topological polar surface area (TPSA) is 65.8 Å². The van der Waals surface area contributed by atoms with E-state index in [1.54, 1.807) is 7.05 Å². The molecule has 1 aromatic heterocycles. The van der Waals surface area contributed by atoms with E-state index in [4.69, 9.17) is 5.73 Å². The van der Waals surface area contributed by atoms with Gasteiger partial charge in [0.05, 0.1) is 13.1 Å². The van der Waals surface area contributed by atoms with Crippen molar-refractivity contribution in [2.45, 2.75) is 6.54 Å². The fraction of sp³-hybridized carbons (Fsp3) is 0.231. The van der Waals surface area contributed by atoms with Gasteiger partial charge in [0, 0.05) is 12.6 Å². The van der Waals surface area contributed by atoms with Crippen LogP contribution < -0.4 is 11.4 Å². The lowest BCUT2D eigenvalue weighted by Crippen LogP contribution is -2.23. The van der Waals surface area contributed by atoms with Crippen molar-refractivity contribution >= 4 is 0 Å². The van der Waals surface area contributed by atoms with Crippen LogP contribution in [-0.4, -0.2) is 20.9 Å². The van der Waals surface area contributed by atoms with Crippen LogP contribution in [0.5, 0.6) is 0 Å². The first-order valence-electron chi connectivity index (χ1n) is 5.57. The molecular formula is C13H14N4O. The molecule has 0 saturated carbocycles. The molecule has 0 radical (unpaired) electrons. The van der Waals surface area contributed by atoms with Gasteiger partial charge in [-0.25, -0.2) is 9.48 Å². The number of aryl methyl sites for hydroxylation is 1. The molecule has 0 aliphatic rings. The van der Waals surface area contributed by atoms with Gasteiger partial charge in [0.25, 0.3) is 0 Å². The number of hydrogen-bond donors (Lipinski definition) is 1. The van der Waals surface area contributed by atoms with Gasteiger partial charge in [-0.1, -0.05) is 24.0 Å². The number of nitrogens with zero attached hydrogens (tertiary/aromatic N) is 3. The van der Waals surface area contributed by atoms with Crippen molar-refractivity contribution in [2.24, 2.45) is 12.8 Å². The Bertz CT molecular complexity index is 640. The molecule has 5 heteroatoms. The van der Waals surface area contributed by atoms with Gasteiger partial charge in [0.2, 0.25) is 0 Å². The predicted octanol–water partition coefficient (Wildman–Crippen LogP) is -0.0597. The lowest BCUT2D eigenvalue weighted by atomic mass is 10.1. The maximum Gasteiger partial charge on any atom is 0.345 e. The Kier molecular flexibility index (Phi) is 3.60. The summed E-state index contributed by atoms with van der Waals surface area (Å²) >= 11 is 0. The van der Waals surface area contributed by atoms with Crippen molar-refractivity contribution in [1.82, 2.24) is 14.3 Å². The number of hydrogen-bond acceptors (Lipinski definition) is 3. The summed E-state index contributed by atoms with van der Waals surface area (Å²) in [5, 5.41) is 4.01. The Morgan fingerprint density at radius 1 is 1.33 bits per heavy atom. The predicted molar refractivity (Wildman–Crippen MR) is 68.9 cm³/mol. The summed E-state index contributed by atoms with van der Waals surface area (Å²) in [5.41, 5.74) is 7.10. The highest BCUT2D eigenvalue weighted by atomic mass is 16.2. The first-order valence-corrected chi connectivity index (χ1v) is 5.57. The van der Waals surface area contributed by atoms with E-state index in [9.17, 15) is 4.79 Å². The highest BCUT2D eigenvalue weighted by Gasteiger charge is 2.02. The SMILES string of the molecule is Cn1cnn(Cc2ccc(C#CCN)cc2)c1=O. The normalized spacial score (nSPS) is 9.89. The number of rotatable bonds is 2. The molecule has 0 aliphatic heterocycles. The summed E-state index contributed by atoms with van der Waals surface area (Å²) in [4.78, 5) is 11.6. The third-order valence-electron chi connectivity index (χ3n) is 2.51. The maximum atomic E-state index is 11.6. The second-order valence-corrected chi connectivity index (χ2v) is 3.88. The van der Waals surface area contributed by atoms with Crippen LogP contribution in [0.25, 0.3) is 0 Å². The van der Waals surface area contributed by atoms with E-state index in [0.717, 1.165) is 11.1 Å². The van der Waals surface area contributed by atoms with Crippen molar-refractivity contribution < 1.29 is 0 Å². The molecule has 0 saturated heterocycles. The van der Waals surface area contributed by atoms with Gasteiger partial charge in [0.1, 0.15) is 6.33 Å². The Balaban J connectivity index is 2.16. The van der Waals surface area contributed by atoms with Gasteiger partial charge < -0.3 is 5.73 Å². The van der Waals surface area contributed by atoms with Crippen molar-refractivity contribution in [3.63, 3.8) is 0 Å². The first kappa shape index (κ1) is 12.1. The number of aromatic nitrogens is 3. The van der Waals surface area contributed by atoms with Crippen LogP contribution in [0.3, 0.4) is 0 Å². The summed E-state index contributed by atoms with van der Waals surface area (Å²) in [5.74, 6) is 5.74. The third-order valence-corrected chi connectivity index (χ3v) is 2.51. The standard InChI is InChI=1S/C13H14N4O/c1-16-10-15-17(13(16)18)9-12-6-4-11(5-7-12)3-2-8-14/h4-7,10H,8-9,14H2,1H3. The Morgan fingerprint density at radius 3 is 2.61 bits per heavy atom. The smallest absolute Gasteiger partial charge is 0.320 e. The van der Waals surface area contributed by atoms with Gasteiger partial charge in [-0.2, -0.15) is 5.10 Å². The van der Waals surface area contributed by atoms with Gasteiger partial charge in [0.15, 0.2) is 0 Å². The highest BCUT2D eigenvalue weighted by molar-refractivity contribution is 5.36. The largest absolute Gasteiger partial charge is 0.345 e. The monoisotopic (exact) mass is 242 g/mol. The molecule has 0 atom stereocenters. The van der Waals surface area contributed by atoms with Crippen LogP contribution in [0.2, 0.25) is 0 Å². The molecule has 0 amide bonds. The van der Waals surface area contributed by atoms with Crippen LogP contribution in [0, 0.1) is 11.8 Å². The lowest BCUT2D eigenvalue weighted by Gasteiger charge is -2.00. The third kappa shape index (κ3) is 2.67. The van der Waals surface area contributed by atoms with Crippen LogP contribution in [0.4, 0.5) is 0 Å². The fourth-order valence-electron chi connectivity index (χ4n) is 1.55. The molecular weight excluding hydrogens is 228 g/mol. The van der Waals surface area contributed by atoms with E-state index in [1.165, 1.54) is 15.6 Å². The van der Waals surface area contributed by atoms with Crippen molar-refractivity contribution in [2.75, 3.05) is 6.54 Å². The molecule has 92 valence electrons. The molecule has 18 heavy (non-hydrogen) atoms. The van der Waals surface area contributed by atoms with Crippen LogP contribution in [-0.2, 0) is 13.6 Å². The van der Waals surface area contributed by atoms with E-state index < -0.39 is 0 Å². The molecule has 0 fully saturated rings.